The molecule has 2 N–H and O–H groups in total. The SMILES string of the molecule is CCc1nc(C(N)=O)c2ccccc2c1CC. The second kappa shape index (κ2) is 4.53. The van der Waals surface area contributed by atoms with Crippen LogP contribution in [0.3, 0.4) is 0 Å². The van der Waals surface area contributed by atoms with Gasteiger partial charge in [0, 0.05) is 11.1 Å². The molecule has 3 heteroatoms. The average molecular weight is 228 g/mol. The number of pyridine rings is 1. The van der Waals surface area contributed by atoms with E-state index in [0.29, 0.717) is 5.69 Å². The Morgan fingerprint density at radius 1 is 1.18 bits per heavy atom. The topological polar surface area (TPSA) is 56.0 Å². The highest BCUT2D eigenvalue weighted by molar-refractivity contribution is 6.05. The highest BCUT2D eigenvalue weighted by atomic mass is 16.1. The van der Waals surface area contributed by atoms with Gasteiger partial charge in [0.25, 0.3) is 5.91 Å². The third-order valence-corrected chi connectivity index (χ3v) is 3.02. The van der Waals surface area contributed by atoms with Crippen molar-refractivity contribution in [1.29, 1.82) is 0 Å². The Morgan fingerprint density at radius 3 is 2.35 bits per heavy atom. The minimum atomic E-state index is -0.460. The smallest absolute Gasteiger partial charge is 0.267 e. The van der Waals surface area contributed by atoms with E-state index in [2.05, 4.69) is 11.9 Å². The van der Waals surface area contributed by atoms with E-state index in [1.54, 1.807) is 0 Å². The number of carbonyl (C=O) groups is 1. The summed E-state index contributed by atoms with van der Waals surface area (Å²) in [4.78, 5) is 15.9. The first-order valence-electron chi connectivity index (χ1n) is 5.89. The molecule has 0 radical (unpaired) electrons. The number of nitrogens with two attached hydrogens (primary N) is 1. The minimum Gasteiger partial charge on any atom is -0.364 e. The Bertz CT molecular complexity index is 576. The molecule has 0 spiro atoms. The van der Waals surface area contributed by atoms with Gasteiger partial charge in [0.1, 0.15) is 5.69 Å². The van der Waals surface area contributed by atoms with Gasteiger partial charge in [-0.15, -0.1) is 0 Å². The molecule has 0 aliphatic rings. The summed E-state index contributed by atoms with van der Waals surface area (Å²) in [6.07, 6.45) is 1.73. The summed E-state index contributed by atoms with van der Waals surface area (Å²) >= 11 is 0. The molecule has 0 saturated carbocycles. The number of rotatable bonds is 3. The molecule has 0 bridgehead atoms. The van der Waals surface area contributed by atoms with Crippen LogP contribution in [0, 0.1) is 0 Å². The van der Waals surface area contributed by atoms with E-state index >= 15 is 0 Å². The molecular weight excluding hydrogens is 212 g/mol. The van der Waals surface area contributed by atoms with Crippen LogP contribution in [0.15, 0.2) is 24.3 Å². The third-order valence-electron chi connectivity index (χ3n) is 3.02. The molecule has 1 amide bonds. The van der Waals surface area contributed by atoms with Crippen LogP contribution in [0.4, 0.5) is 0 Å². The number of hydrogen-bond acceptors (Lipinski definition) is 2. The van der Waals surface area contributed by atoms with Crippen molar-refractivity contribution in [2.24, 2.45) is 5.73 Å². The highest BCUT2D eigenvalue weighted by Crippen LogP contribution is 2.24. The van der Waals surface area contributed by atoms with Crippen molar-refractivity contribution >= 4 is 16.7 Å². The van der Waals surface area contributed by atoms with Crippen LogP contribution >= 0.6 is 0 Å². The monoisotopic (exact) mass is 228 g/mol. The molecule has 2 aromatic rings. The molecule has 1 aromatic heterocycles. The molecule has 1 aromatic carbocycles. The van der Waals surface area contributed by atoms with E-state index in [4.69, 9.17) is 5.73 Å². The molecule has 0 fully saturated rings. The zero-order valence-corrected chi connectivity index (χ0v) is 10.2. The number of fused-ring (bicyclic) bond motifs is 1. The normalized spacial score (nSPS) is 10.7. The van der Waals surface area contributed by atoms with Crippen molar-refractivity contribution in [3.63, 3.8) is 0 Å². The summed E-state index contributed by atoms with van der Waals surface area (Å²) in [5.74, 6) is -0.460. The lowest BCUT2D eigenvalue weighted by atomic mass is 9.98. The van der Waals surface area contributed by atoms with Crippen molar-refractivity contribution in [2.45, 2.75) is 26.7 Å². The maximum Gasteiger partial charge on any atom is 0.267 e. The molecule has 17 heavy (non-hydrogen) atoms. The molecular formula is C14H16N2O. The van der Waals surface area contributed by atoms with Crippen LogP contribution in [0.25, 0.3) is 10.8 Å². The molecule has 3 nitrogen and oxygen atoms in total. The summed E-state index contributed by atoms with van der Waals surface area (Å²) in [7, 11) is 0. The Balaban J connectivity index is 2.89. The van der Waals surface area contributed by atoms with Gasteiger partial charge in [-0.3, -0.25) is 4.79 Å². The number of amides is 1. The number of primary amides is 1. The highest BCUT2D eigenvalue weighted by Gasteiger charge is 2.14. The maximum atomic E-state index is 11.4. The first kappa shape index (κ1) is 11.6. The summed E-state index contributed by atoms with van der Waals surface area (Å²) in [5.41, 5.74) is 7.97. The summed E-state index contributed by atoms with van der Waals surface area (Å²) in [5, 5.41) is 1.95. The summed E-state index contributed by atoms with van der Waals surface area (Å²) in [6, 6.07) is 7.82. The van der Waals surface area contributed by atoms with Crippen LogP contribution in [0.5, 0.6) is 0 Å². The number of benzene rings is 1. The predicted molar refractivity (Wildman–Crippen MR) is 69.0 cm³/mol. The van der Waals surface area contributed by atoms with Gasteiger partial charge in [-0.1, -0.05) is 38.1 Å². The molecule has 88 valence electrons. The number of carbonyl (C=O) groups excluding carboxylic acids is 1. The minimum absolute atomic E-state index is 0.384. The number of aromatic nitrogens is 1. The Hall–Kier alpha value is -1.90. The molecule has 2 rings (SSSR count). The van der Waals surface area contributed by atoms with Crippen LogP contribution in [-0.4, -0.2) is 10.9 Å². The van der Waals surface area contributed by atoms with Gasteiger partial charge in [-0.05, 0) is 23.8 Å². The quantitative estimate of drug-likeness (QED) is 0.877. The van der Waals surface area contributed by atoms with E-state index in [9.17, 15) is 4.79 Å². The standard InChI is InChI=1S/C14H16N2O/c1-3-9-10-7-5-6-8-11(10)13(14(15)17)16-12(9)4-2/h5-8H,3-4H2,1-2H3,(H2,15,17). The average Bonchev–Trinajstić information content (AvgIpc) is 2.36. The molecule has 0 saturated heterocycles. The number of aryl methyl sites for hydroxylation is 2. The van der Waals surface area contributed by atoms with Crippen LogP contribution in [0.1, 0.15) is 35.6 Å². The fourth-order valence-electron chi connectivity index (χ4n) is 2.25. The lowest BCUT2D eigenvalue weighted by Gasteiger charge is -2.12. The zero-order chi connectivity index (χ0) is 12.4. The Labute approximate surface area is 101 Å². The van der Waals surface area contributed by atoms with Crippen molar-refractivity contribution in [1.82, 2.24) is 4.98 Å². The molecule has 0 aliphatic carbocycles. The zero-order valence-electron chi connectivity index (χ0n) is 10.2. The van der Waals surface area contributed by atoms with E-state index < -0.39 is 5.91 Å². The fraction of sp³-hybridized carbons (Fsp3) is 0.286. The van der Waals surface area contributed by atoms with E-state index in [1.165, 1.54) is 5.56 Å². The van der Waals surface area contributed by atoms with Gasteiger partial charge in [0.2, 0.25) is 0 Å². The number of hydrogen-bond donors (Lipinski definition) is 1. The molecule has 1 heterocycles. The van der Waals surface area contributed by atoms with E-state index in [1.807, 2.05) is 31.2 Å². The van der Waals surface area contributed by atoms with Crippen molar-refractivity contribution in [2.75, 3.05) is 0 Å². The predicted octanol–water partition coefficient (Wildman–Crippen LogP) is 2.46. The lowest BCUT2D eigenvalue weighted by molar-refractivity contribution is 0.0997. The van der Waals surface area contributed by atoms with Crippen molar-refractivity contribution < 1.29 is 4.79 Å². The van der Waals surface area contributed by atoms with Crippen LogP contribution in [0.2, 0.25) is 0 Å². The van der Waals surface area contributed by atoms with Gasteiger partial charge < -0.3 is 5.73 Å². The van der Waals surface area contributed by atoms with E-state index in [0.717, 1.165) is 29.3 Å². The van der Waals surface area contributed by atoms with E-state index in [-0.39, 0.29) is 0 Å². The second-order valence-electron chi connectivity index (χ2n) is 4.00. The van der Waals surface area contributed by atoms with Crippen LogP contribution < -0.4 is 5.73 Å². The number of nitrogens with zero attached hydrogens (tertiary/aromatic N) is 1. The maximum absolute atomic E-state index is 11.4. The third kappa shape index (κ3) is 1.88. The van der Waals surface area contributed by atoms with Gasteiger partial charge in [-0.25, -0.2) is 4.98 Å². The first-order chi connectivity index (χ1) is 8.19. The molecule has 0 atom stereocenters. The molecule has 0 aliphatic heterocycles. The van der Waals surface area contributed by atoms with Crippen LogP contribution in [-0.2, 0) is 12.8 Å². The van der Waals surface area contributed by atoms with Gasteiger partial charge >= 0.3 is 0 Å². The van der Waals surface area contributed by atoms with Gasteiger partial charge in [0.15, 0.2) is 0 Å². The largest absolute Gasteiger partial charge is 0.364 e. The second-order valence-corrected chi connectivity index (χ2v) is 4.00. The van der Waals surface area contributed by atoms with Crippen molar-refractivity contribution in [3.8, 4) is 0 Å². The van der Waals surface area contributed by atoms with Crippen molar-refractivity contribution in [3.05, 3.63) is 41.2 Å². The summed E-state index contributed by atoms with van der Waals surface area (Å²) in [6.45, 7) is 4.15. The van der Waals surface area contributed by atoms with Gasteiger partial charge in [0.05, 0.1) is 0 Å². The fourth-order valence-corrected chi connectivity index (χ4v) is 2.25. The Kier molecular flexibility index (Phi) is 3.09. The van der Waals surface area contributed by atoms with Gasteiger partial charge in [-0.2, -0.15) is 0 Å². The lowest BCUT2D eigenvalue weighted by Crippen LogP contribution is -2.15. The first-order valence-corrected chi connectivity index (χ1v) is 5.89. The molecule has 0 unspecified atom stereocenters. The Morgan fingerprint density at radius 2 is 1.82 bits per heavy atom. The summed E-state index contributed by atoms with van der Waals surface area (Å²) < 4.78 is 0.